The Labute approximate surface area is 224 Å². The van der Waals surface area contributed by atoms with Gasteiger partial charge in [-0.25, -0.2) is 35.6 Å². The van der Waals surface area contributed by atoms with Crippen LogP contribution >= 0.6 is 0 Å². The Kier molecular flexibility index (Phi) is 7.97. The molecule has 0 radical (unpaired) electrons. The average Bonchev–Trinajstić information content (AvgIpc) is 3.29. The number of fused-ring (bicyclic) bond motifs is 1. The number of nitrogens with one attached hydrogen (secondary N) is 2. The van der Waals surface area contributed by atoms with E-state index in [-0.39, 0.29) is 22.2 Å². The van der Waals surface area contributed by atoms with Crippen molar-refractivity contribution >= 4 is 48.5 Å². The number of carbonyl (C=O) groups excluding carboxylic acids is 1. The fraction of sp³-hybridized carbons (Fsp3) is 0.240. The molecule has 0 aliphatic rings. The van der Waals surface area contributed by atoms with E-state index in [0.29, 0.717) is 29.1 Å². The molecule has 0 fully saturated rings. The number of aromatic nitrogens is 3. The van der Waals surface area contributed by atoms with Crippen LogP contribution in [0.15, 0.2) is 54.7 Å². The summed E-state index contributed by atoms with van der Waals surface area (Å²) in [5.74, 6) is -4.89. The van der Waals surface area contributed by atoms with Crippen molar-refractivity contribution in [1.29, 1.82) is 0 Å². The summed E-state index contributed by atoms with van der Waals surface area (Å²) in [6.07, 6.45) is 1.33. The first kappa shape index (κ1) is 28.1. The SMILES string of the molecule is CCCS(=O)(=O)N(c1ccc(F)c(C(=O)Nc2cnc3nc(-c4ccccc4)[nH]c3c2)c1F)S(=O)(=O)CCC. The second-order valence-electron chi connectivity index (χ2n) is 8.59. The third kappa shape index (κ3) is 5.76. The van der Waals surface area contributed by atoms with Crippen LogP contribution < -0.4 is 9.03 Å². The lowest BCUT2D eigenvalue weighted by Crippen LogP contribution is -2.40. The van der Waals surface area contributed by atoms with E-state index < -0.39 is 60.3 Å². The number of anilines is 2. The van der Waals surface area contributed by atoms with Crippen molar-refractivity contribution in [3.05, 3.63) is 71.9 Å². The minimum atomic E-state index is -4.56. The number of amides is 1. The number of imidazole rings is 1. The van der Waals surface area contributed by atoms with Crippen LogP contribution in [0, 0.1) is 11.6 Å². The maximum Gasteiger partial charge on any atom is 0.261 e. The summed E-state index contributed by atoms with van der Waals surface area (Å²) in [7, 11) is -9.11. The van der Waals surface area contributed by atoms with Gasteiger partial charge in [-0.2, -0.15) is 3.71 Å². The van der Waals surface area contributed by atoms with Crippen LogP contribution in [0.5, 0.6) is 0 Å². The van der Waals surface area contributed by atoms with Gasteiger partial charge in [-0.15, -0.1) is 0 Å². The largest absolute Gasteiger partial charge is 0.337 e. The summed E-state index contributed by atoms with van der Waals surface area (Å²) < 4.78 is 81.7. The Bertz CT molecular complexity index is 1710. The molecule has 0 atom stereocenters. The minimum Gasteiger partial charge on any atom is -0.337 e. The molecule has 0 saturated carbocycles. The lowest BCUT2D eigenvalue weighted by atomic mass is 10.1. The van der Waals surface area contributed by atoms with Gasteiger partial charge in [0, 0.05) is 5.56 Å². The van der Waals surface area contributed by atoms with Crippen LogP contribution in [-0.4, -0.2) is 49.2 Å². The average molecular weight is 578 g/mol. The molecule has 4 rings (SSSR count). The maximum atomic E-state index is 15.6. The standard InChI is InChI=1S/C25H25F2N5O5S2/c1-3-12-38(34,35)32(39(36,37)13-4-2)20-11-10-18(26)21(22(20)27)25(33)29-17-14-19-24(28-15-17)31-23(30-19)16-8-6-5-7-9-16/h5-11,14-15H,3-4,12-13H2,1-2H3,(H,29,33)(H,28,30,31). The van der Waals surface area contributed by atoms with E-state index in [4.69, 9.17) is 0 Å². The van der Waals surface area contributed by atoms with Gasteiger partial charge in [-0.3, -0.25) is 4.79 Å². The van der Waals surface area contributed by atoms with Crippen molar-refractivity contribution in [3.8, 4) is 11.4 Å². The fourth-order valence-electron chi connectivity index (χ4n) is 3.94. The summed E-state index contributed by atoms with van der Waals surface area (Å²) >= 11 is 0. The first-order chi connectivity index (χ1) is 18.5. The highest BCUT2D eigenvalue weighted by molar-refractivity contribution is 8.10. The first-order valence-corrected chi connectivity index (χ1v) is 15.2. The Morgan fingerprint density at radius 3 is 2.23 bits per heavy atom. The van der Waals surface area contributed by atoms with Crippen LogP contribution in [0.1, 0.15) is 37.0 Å². The second-order valence-corrected chi connectivity index (χ2v) is 12.7. The molecule has 2 aromatic heterocycles. The molecule has 14 heteroatoms. The van der Waals surface area contributed by atoms with Crippen molar-refractivity contribution in [3.63, 3.8) is 0 Å². The van der Waals surface area contributed by atoms with Crippen molar-refractivity contribution < 1.29 is 30.4 Å². The van der Waals surface area contributed by atoms with Crippen LogP contribution in [0.3, 0.4) is 0 Å². The van der Waals surface area contributed by atoms with Crippen LogP contribution in [0.2, 0.25) is 0 Å². The highest BCUT2D eigenvalue weighted by Gasteiger charge is 2.37. The van der Waals surface area contributed by atoms with E-state index in [1.807, 2.05) is 30.3 Å². The zero-order valence-corrected chi connectivity index (χ0v) is 22.6. The lowest BCUT2D eigenvalue weighted by molar-refractivity contribution is 0.101. The third-order valence-corrected chi connectivity index (χ3v) is 10.2. The number of sulfonamides is 2. The van der Waals surface area contributed by atoms with E-state index >= 15 is 4.39 Å². The number of hydrogen-bond donors (Lipinski definition) is 2. The lowest BCUT2D eigenvalue weighted by Gasteiger charge is -2.24. The molecule has 0 aliphatic heterocycles. The Morgan fingerprint density at radius 1 is 0.974 bits per heavy atom. The molecule has 4 aromatic rings. The summed E-state index contributed by atoms with van der Waals surface area (Å²) in [4.78, 5) is 24.6. The zero-order valence-electron chi connectivity index (χ0n) is 21.0. The molecule has 2 heterocycles. The van der Waals surface area contributed by atoms with Crippen LogP contribution in [0.4, 0.5) is 20.2 Å². The normalized spacial score (nSPS) is 12.0. The number of benzene rings is 2. The predicted molar refractivity (Wildman–Crippen MR) is 144 cm³/mol. The minimum absolute atomic E-state index is 0.0398. The second kappa shape index (κ2) is 11.1. The predicted octanol–water partition coefficient (Wildman–Crippen LogP) is 4.44. The van der Waals surface area contributed by atoms with Gasteiger partial charge in [0.05, 0.1) is 28.9 Å². The van der Waals surface area contributed by atoms with Crippen molar-refractivity contribution in [2.45, 2.75) is 26.7 Å². The Hall–Kier alpha value is -3.91. The number of hydrogen-bond acceptors (Lipinski definition) is 7. The van der Waals surface area contributed by atoms with Gasteiger partial charge in [-0.1, -0.05) is 44.2 Å². The molecule has 0 spiro atoms. The number of aromatic amines is 1. The molecular formula is C25H25F2N5O5S2. The molecule has 1 amide bonds. The summed E-state index contributed by atoms with van der Waals surface area (Å²) in [6.45, 7) is 3.02. The molecule has 0 unspecified atom stereocenters. The van der Waals surface area contributed by atoms with Gasteiger partial charge in [0.15, 0.2) is 11.5 Å². The van der Waals surface area contributed by atoms with Crippen LogP contribution in [0.25, 0.3) is 22.6 Å². The number of H-pyrrole nitrogens is 1. The highest BCUT2D eigenvalue weighted by atomic mass is 32.3. The number of carbonyl (C=O) groups is 1. The fourth-order valence-corrected chi connectivity index (χ4v) is 8.02. The number of nitrogens with zero attached hydrogens (tertiary/aromatic N) is 3. The summed E-state index contributed by atoms with van der Waals surface area (Å²) in [5, 5.41) is 2.33. The first-order valence-electron chi connectivity index (χ1n) is 11.9. The van der Waals surface area contributed by atoms with Gasteiger partial charge in [-0.05, 0) is 31.0 Å². The molecule has 2 N–H and O–H groups in total. The summed E-state index contributed by atoms with van der Waals surface area (Å²) in [5.41, 5.74) is -0.478. The van der Waals surface area contributed by atoms with Crippen molar-refractivity contribution in [1.82, 2.24) is 15.0 Å². The monoisotopic (exact) mass is 577 g/mol. The Balaban J connectivity index is 1.72. The van der Waals surface area contributed by atoms with Crippen molar-refractivity contribution in [2.75, 3.05) is 20.5 Å². The zero-order chi connectivity index (χ0) is 28.4. The van der Waals surface area contributed by atoms with E-state index in [0.717, 1.165) is 5.56 Å². The van der Waals surface area contributed by atoms with Gasteiger partial charge in [0.1, 0.15) is 22.9 Å². The van der Waals surface area contributed by atoms with E-state index in [2.05, 4.69) is 20.3 Å². The third-order valence-electron chi connectivity index (χ3n) is 5.57. The molecule has 0 aliphatic carbocycles. The number of rotatable bonds is 10. The number of pyridine rings is 1. The smallest absolute Gasteiger partial charge is 0.261 e. The van der Waals surface area contributed by atoms with Gasteiger partial charge >= 0.3 is 0 Å². The highest BCUT2D eigenvalue weighted by Crippen LogP contribution is 2.31. The molecule has 39 heavy (non-hydrogen) atoms. The van der Waals surface area contributed by atoms with Gasteiger partial charge in [0.25, 0.3) is 5.91 Å². The summed E-state index contributed by atoms with van der Waals surface area (Å²) in [6, 6.07) is 12.0. The molecule has 10 nitrogen and oxygen atoms in total. The van der Waals surface area contributed by atoms with E-state index in [1.54, 1.807) is 0 Å². The molecule has 2 aromatic carbocycles. The molecule has 206 valence electrons. The van der Waals surface area contributed by atoms with E-state index in [9.17, 15) is 26.0 Å². The van der Waals surface area contributed by atoms with E-state index in [1.165, 1.54) is 26.1 Å². The van der Waals surface area contributed by atoms with Crippen LogP contribution in [-0.2, 0) is 20.0 Å². The number of halogens is 2. The maximum absolute atomic E-state index is 15.6. The topological polar surface area (TPSA) is 142 Å². The molecule has 0 saturated heterocycles. The van der Waals surface area contributed by atoms with Gasteiger partial charge < -0.3 is 10.3 Å². The van der Waals surface area contributed by atoms with Crippen molar-refractivity contribution in [2.24, 2.45) is 0 Å². The molecular weight excluding hydrogens is 552 g/mol. The quantitative estimate of drug-likeness (QED) is 0.284. The Morgan fingerprint density at radius 2 is 1.62 bits per heavy atom. The van der Waals surface area contributed by atoms with Gasteiger partial charge in [0.2, 0.25) is 20.0 Å². The molecule has 0 bridgehead atoms.